The van der Waals surface area contributed by atoms with Gasteiger partial charge in [0.25, 0.3) is 0 Å². The van der Waals surface area contributed by atoms with Crippen molar-refractivity contribution in [1.29, 1.82) is 0 Å². The Labute approximate surface area is 115 Å². The maximum absolute atomic E-state index is 12.2. The Bertz CT molecular complexity index is 342. The molecular weight excluding hydrogens is 242 g/mol. The Hall–Kier alpha value is -1.10. The molecule has 1 aliphatic heterocycles. The number of carbonyl (C=O) groups excluding carboxylic acids is 2. The molecule has 2 N–H and O–H groups in total. The predicted octanol–water partition coefficient (Wildman–Crippen LogP) is 0.585. The van der Waals surface area contributed by atoms with Crippen LogP contribution in [0, 0.1) is 5.92 Å². The predicted molar refractivity (Wildman–Crippen MR) is 73.4 cm³/mol. The molecule has 108 valence electrons. The molecule has 2 aliphatic rings. The van der Waals surface area contributed by atoms with Crippen LogP contribution >= 0.6 is 0 Å². The summed E-state index contributed by atoms with van der Waals surface area (Å²) >= 11 is 0. The molecule has 1 aliphatic carbocycles. The Morgan fingerprint density at radius 1 is 1.11 bits per heavy atom. The highest BCUT2D eigenvalue weighted by molar-refractivity contribution is 5.78. The molecule has 1 saturated carbocycles. The molecule has 0 radical (unpaired) electrons. The minimum atomic E-state index is 0.0316. The number of hydrogen-bond acceptors (Lipinski definition) is 3. The van der Waals surface area contributed by atoms with E-state index in [9.17, 15) is 9.59 Å². The first-order valence-electron chi connectivity index (χ1n) is 7.43. The van der Waals surface area contributed by atoms with Crippen LogP contribution in [0.1, 0.15) is 39.0 Å². The molecule has 0 aromatic rings. The second-order valence-corrected chi connectivity index (χ2v) is 5.67. The average Bonchev–Trinajstić information content (AvgIpc) is 3.23. The quantitative estimate of drug-likeness (QED) is 0.810. The second kappa shape index (κ2) is 6.37. The molecule has 1 atom stereocenters. The molecule has 1 unspecified atom stereocenters. The molecule has 0 aromatic carbocycles. The van der Waals surface area contributed by atoms with Gasteiger partial charge < -0.3 is 15.5 Å². The van der Waals surface area contributed by atoms with E-state index in [0.717, 1.165) is 19.5 Å². The third kappa shape index (κ3) is 3.93. The molecule has 2 amide bonds. The molecule has 2 rings (SSSR count). The van der Waals surface area contributed by atoms with Crippen LogP contribution in [0.2, 0.25) is 0 Å². The van der Waals surface area contributed by atoms with Gasteiger partial charge in [-0.3, -0.25) is 9.59 Å². The summed E-state index contributed by atoms with van der Waals surface area (Å²) in [4.78, 5) is 27.6. The monoisotopic (exact) mass is 267 g/mol. The van der Waals surface area contributed by atoms with Crippen molar-refractivity contribution in [3.8, 4) is 0 Å². The lowest BCUT2D eigenvalue weighted by Crippen LogP contribution is -2.39. The highest BCUT2D eigenvalue weighted by Crippen LogP contribution is 2.33. The van der Waals surface area contributed by atoms with Crippen molar-refractivity contribution in [2.45, 2.75) is 45.1 Å². The average molecular weight is 267 g/mol. The first-order chi connectivity index (χ1) is 9.11. The zero-order valence-corrected chi connectivity index (χ0v) is 11.8. The van der Waals surface area contributed by atoms with E-state index >= 15 is 0 Å². The van der Waals surface area contributed by atoms with Gasteiger partial charge in [0.2, 0.25) is 11.8 Å². The summed E-state index contributed by atoms with van der Waals surface area (Å²) in [6.45, 7) is 4.72. The molecule has 0 spiro atoms. The summed E-state index contributed by atoms with van der Waals surface area (Å²) in [5.74, 6) is 0.906. The summed E-state index contributed by atoms with van der Waals surface area (Å²) in [7, 11) is 0. The van der Waals surface area contributed by atoms with Crippen molar-refractivity contribution in [2.24, 2.45) is 11.7 Å². The van der Waals surface area contributed by atoms with Gasteiger partial charge in [0.05, 0.1) is 0 Å². The minimum absolute atomic E-state index is 0.0316. The van der Waals surface area contributed by atoms with Crippen LogP contribution in [0.15, 0.2) is 0 Å². The van der Waals surface area contributed by atoms with Crippen molar-refractivity contribution >= 4 is 11.8 Å². The molecule has 0 aromatic heterocycles. The topological polar surface area (TPSA) is 66.6 Å². The summed E-state index contributed by atoms with van der Waals surface area (Å²) < 4.78 is 0. The van der Waals surface area contributed by atoms with Crippen molar-refractivity contribution in [1.82, 2.24) is 9.80 Å². The Morgan fingerprint density at radius 3 is 2.21 bits per heavy atom. The van der Waals surface area contributed by atoms with Crippen molar-refractivity contribution in [2.75, 3.05) is 26.2 Å². The van der Waals surface area contributed by atoms with Gasteiger partial charge >= 0.3 is 0 Å². The smallest absolute Gasteiger partial charge is 0.224 e. The molecule has 5 nitrogen and oxygen atoms in total. The summed E-state index contributed by atoms with van der Waals surface area (Å²) in [5, 5.41) is 0. The van der Waals surface area contributed by atoms with Gasteiger partial charge in [-0.05, 0) is 25.2 Å². The van der Waals surface area contributed by atoms with Crippen LogP contribution in [-0.2, 0) is 9.59 Å². The fourth-order valence-electron chi connectivity index (χ4n) is 2.66. The number of hydrogen-bond donors (Lipinski definition) is 1. The number of carbonyl (C=O) groups is 2. The lowest BCUT2D eigenvalue weighted by Gasteiger charge is -2.23. The fourth-order valence-corrected chi connectivity index (χ4v) is 2.66. The van der Waals surface area contributed by atoms with E-state index in [0.29, 0.717) is 31.8 Å². The van der Waals surface area contributed by atoms with Gasteiger partial charge in [-0.15, -0.1) is 0 Å². The first kappa shape index (κ1) is 14.3. The van der Waals surface area contributed by atoms with E-state index in [2.05, 4.69) is 0 Å². The fraction of sp³-hybridized carbons (Fsp3) is 0.857. The molecule has 1 heterocycles. The first-order valence-corrected chi connectivity index (χ1v) is 7.43. The van der Waals surface area contributed by atoms with Crippen LogP contribution in [0.5, 0.6) is 0 Å². The van der Waals surface area contributed by atoms with Crippen molar-refractivity contribution in [3.63, 3.8) is 0 Å². The molecule has 1 saturated heterocycles. The number of amides is 2. The van der Waals surface area contributed by atoms with Gasteiger partial charge in [0.15, 0.2) is 0 Å². The number of nitrogens with zero attached hydrogens (tertiary/aromatic N) is 2. The van der Waals surface area contributed by atoms with E-state index in [1.54, 1.807) is 0 Å². The van der Waals surface area contributed by atoms with Crippen LogP contribution in [0.3, 0.4) is 0 Å². The summed E-state index contributed by atoms with van der Waals surface area (Å²) in [6.07, 6.45) is 4.23. The highest BCUT2D eigenvalue weighted by Gasteiger charge is 2.31. The van der Waals surface area contributed by atoms with E-state index in [-0.39, 0.29) is 17.9 Å². The third-order valence-corrected chi connectivity index (χ3v) is 4.14. The maximum Gasteiger partial charge on any atom is 0.224 e. The lowest BCUT2D eigenvalue weighted by molar-refractivity contribution is -0.133. The summed E-state index contributed by atoms with van der Waals surface area (Å²) in [6, 6.07) is 0.0316. The van der Waals surface area contributed by atoms with E-state index in [4.69, 9.17) is 5.73 Å². The molecule has 19 heavy (non-hydrogen) atoms. The summed E-state index contributed by atoms with van der Waals surface area (Å²) in [5.41, 5.74) is 6.01. The van der Waals surface area contributed by atoms with Gasteiger partial charge in [-0.1, -0.05) is 6.92 Å². The molecule has 5 heteroatoms. The SMILES string of the molecule is CCC(=O)N1CCCN(C(=O)CC(N)C2CC2)CC1. The second-order valence-electron chi connectivity index (χ2n) is 5.67. The number of rotatable bonds is 4. The van der Waals surface area contributed by atoms with E-state index in [1.807, 2.05) is 16.7 Å². The zero-order valence-electron chi connectivity index (χ0n) is 11.8. The number of nitrogens with two attached hydrogens (primary N) is 1. The van der Waals surface area contributed by atoms with Crippen molar-refractivity contribution in [3.05, 3.63) is 0 Å². The van der Waals surface area contributed by atoms with Crippen LogP contribution in [-0.4, -0.2) is 53.8 Å². The minimum Gasteiger partial charge on any atom is -0.341 e. The Kier molecular flexibility index (Phi) is 4.80. The van der Waals surface area contributed by atoms with E-state index < -0.39 is 0 Å². The highest BCUT2D eigenvalue weighted by atomic mass is 16.2. The molecule has 2 fully saturated rings. The van der Waals surface area contributed by atoms with Gasteiger partial charge in [0.1, 0.15) is 0 Å². The van der Waals surface area contributed by atoms with Crippen molar-refractivity contribution < 1.29 is 9.59 Å². The molecule has 0 bridgehead atoms. The largest absolute Gasteiger partial charge is 0.341 e. The van der Waals surface area contributed by atoms with Gasteiger partial charge in [-0.2, -0.15) is 0 Å². The lowest BCUT2D eigenvalue weighted by atomic mass is 10.1. The molecular formula is C14H25N3O2. The maximum atomic E-state index is 12.2. The van der Waals surface area contributed by atoms with Gasteiger partial charge in [0, 0.05) is 45.1 Å². The standard InChI is InChI=1S/C14H25N3O2/c1-2-13(18)16-6-3-7-17(9-8-16)14(19)10-12(15)11-4-5-11/h11-12H,2-10,15H2,1H3. The van der Waals surface area contributed by atoms with E-state index in [1.165, 1.54) is 12.8 Å². The normalized spacial score (nSPS) is 22.0. The Balaban J connectivity index is 1.80. The van der Waals surface area contributed by atoms with Crippen LogP contribution < -0.4 is 5.73 Å². The third-order valence-electron chi connectivity index (χ3n) is 4.14. The van der Waals surface area contributed by atoms with Gasteiger partial charge in [-0.25, -0.2) is 0 Å². The zero-order chi connectivity index (χ0) is 13.8. The Morgan fingerprint density at radius 2 is 1.68 bits per heavy atom. The van der Waals surface area contributed by atoms with Crippen LogP contribution in [0.25, 0.3) is 0 Å². The van der Waals surface area contributed by atoms with Crippen LogP contribution in [0.4, 0.5) is 0 Å².